The van der Waals surface area contributed by atoms with Gasteiger partial charge in [-0.3, -0.25) is 4.99 Å². The summed E-state index contributed by atoms with van der Waals surface area (Å²) in [4.78, 5) is 4.51. The smallest absolute Gasteiger partial charge is 0.128 e. The van der Waals surface area contributed by atoms with E-state index in [0.717, 1.165) is 37.6 Å². The van der Waals surface area contributed by atoms with Crippen molar-refractivity contribution < 1.29 is 4.74 Å². The molecule has 0 bridgehead atoms. The highest BCUT2D eigenvalue weighted by atomic mass is 79.9. The maximum absolute atomic E-state index is 6.15. The van der Waals surface area contributed by atoms with Crippen molar-refractivity contribution in [3.8, 4) is 5.75 Å². The molecule has 0 spiro atoms. The number of aliphatic imine (C=N–C) groups is 1. The van der Waals surface area contributed by atoms with Crippen LogP contribution in [0.25, 0.3) is 0 Å². The van der Waals surface area contributed by atoms with Gasteiger partial charge in [0.25, 0.3) is 0 Å². The zero-order valence-electron chi connectivity index (χ0n) is 13.7. The zero-order chi connectivity index (χ0) is 17.6. The fraction of sp³-hybridized carbons (Fsp3) is 0.0952. The van der Waals surface area contributed by atoms with Crippen LogP contribution in [0.15, 0.2) is 76.2 Å². The molecular weight excluding hydrogens is 398 g/mol. The summed E-state index contributed by atoms with van der Waals surface area (Å²) in [6.07, 6.45) is 1.80. The van der Waals surface area contributed by atoms with Gasteiger partial charge in [-0.25, -0.2) is 0 Å². The maximum atomic E-state index is 6.15. The van der Waals surface area contributed by atoms with E-state index in [1.165, 1.54) is 0 Å². The summed E-state index contributed by atoms with van der Waals surface area (Å²) in [5, 5.41) is 0.717. The van der Waals surface area contributed by atoms with E-state index in [1.54, 1.807) is 6.21 Å². The highest BCUT2D eigenvalue weighted by molar-refractivity contribution is 9.10. The van der Waals surface area contributed by atoms with E-state index >= 15 is 0 Å². The van der Waals surface area contributed by atoms with Gasteiger partial charge in [0.05, 0.1) is 5.69 Å². The second-order valence-corrected chi connectivity index (χ2v) is 6.97. The van der Waals surface area contributed by atoms with Crippen LogP contribution in [0.3, 0.4) is 0 Å². The van der Waals surface area contributed by atoms with Crippen molar-refractivity contribution in [2.24, 2.45) is 4.99 Å². The van der Waals surface area contributed by atoms with E-state index in [-0.39, 0.29) is 0 Å². The van der Waals surface area contributed by atoms with Crippen molar-refractivity contribution in [2.75, 3.05) is 0 Å². The topological polar surface area (TPSA) is 21.6 Å². The molecule has 0 saturated heterocycles. The van der Waals surface area contributed by atoms with Gasteiger partial charge in [-0.1, -0.05) is 57.9 Å². The Bertz CT molecular complexity index is 891. The van der Waals surface area contributed by atoms with Crippen LogP contribution in [0.4, 0.5) is 5.69 Å². The molecule has 0 saturated carbocycles. The predicted octanol–water partition coefficient (Wildman–Crippen LogP) is 6.74. The second-order valence-electron chi connectivity index (χ2n) is 5.64. The first-order valence-corrected chi connectivity index (χ1v) is 9.05. The Morgan fingerprint density at radius 2 is 1.80 bits per heavy atom. The van der Waals surface area contributed by atoms with E-state index in [2.05, 4.69) is 20.9 Å². The lowest BCUT2D eigenvalue weighted by atomic mass is 10.2. The quantitative estimate of drug-likeness (QED) is 0.424. The van der Waals surface area contributed by atoms with E-state index in [9.17, 15) is 0 Å². The van der Waals surface area contributed by atoms with Crippen molar-refractivity contribution >= 4 is 39.4 Å². The van der Waals surface area contributed by atoms with Crippen LogP contribution in [0.1, 0.15) is 16.7 Å². The molecular formula is C21H17BrClNO. The van der Waals surface area contributed by atoms with Crippen LogP contribution in [-0.2, 0) is 6.61 Å². The van der Waals surface area contributed by atoms with Crippen molar-refractivity contribution in [1.82, 2.24) is 0 Å². The molecule has 0 N–H and O–H groups in total. The number of ether oxygens (including phenoxy) is 1. The number of nitrogens with zero attached hydrogens (tertiary/aromatic N) is 1. The summed E-state index contributed by atoms with van der Waals surface area (Å²) in [6, 6.07) is 21.7. The molecule has 0 atom stereocenters. The Hall–Kier alpha value is -2.10. The van der Waals surface area contributed by atoms with Gasteiger partial charge in [0, 0.05) is 21.3 Å². The Kier molecular flexibility index (Phi) is 5.90. The standard InChI is InChI=1S/C21H17BrClNO/c1-15-6-11-19(12-20(15)23)24-13-17-4-2-3-5-21(17)25-14-16-7-9-18(22)10-8-16/h2-13H,14H2,1H3. The third kappa shape index (κ3) is 4.94. The number of benzene rings is 3. The first-order chi connectivity index (χ1) is 12.1. The molecule has 0 aliphatic carbocycles. The van der Waals surface area contributed by atoms with Crippen molar-refractivity contribution in [1.29, 1.82) is 0 Å². The molecule has 0 aliphatic rings. The molecule has 0 unspecified atom stereocenters. The van der Waals surface area contributed by atoms with Crippen LogP contribution < -0.4 is 4.74 Å². The zero-order valence-corrected chi connectivity index (χ0v) is 16.1. The third-order valence-corrected chi connectivity index (χ3v) is 4.67. The van der Waals surface area contributed by atoms with Gasteiger partial charge in [-0.05, 0) is 54.4 Å². The summed E-state index contributed by atoms with van der Waals surface area (Å²) in [5.41, 5.74) is 3.90. The predicted molar refractivity (Wildman–Crippen MR) is 108 cm³/mol. The van der Waals surface area contributed by atoms with E-state index < -0.39 is 0 Å². The van der Waals surface area contributed by atoms with Crippen molar-refractivity contribution in [2.45, 2.75) is 13.5 Å². The lowest BCUT2D eigenvalue weighted by molar-refractivity contribution is 0.306. The minimum Gasteiger partial charge on any atom is -0.488 e. The maximum Gasteiger partial charge on any atom is 0.128 e. The van der Waals surface area contributed by atoms with Gasteiger partial charge in [0.2, 0.25) is 0 Å². The number of rotatable bonds is 5. The molecule has 126 valence electrons. The van der Waals surface area contributed by atoms with Crippen LogP contribution in [-0.4, -0.2) is 6.21 Å². The third-order valence-electron chi connectivity index (χ3n) is 3.73. The highest BCUT2D eigenvalue weighted by Gasteiger charge is 2.02. The van der Waals surface area contributed by atoms with Gasteiger partial charge in [0.15, 0.2) is 0 Å². The average molecular weight is 415 g/mol. The SMILES string of the molecule is Cc1ccc(N=Cc2ccccc2OCc2ccc(Br)cc2)cc1Cl. The van der Waals surface area contributed by atoms with E-state index in [1.807, 2.05) is 73.7 Å². The average Bonchev–Trinajstić information content (AvgIpc) is 2.63. The fourth-order valence-electron chi connectivity index (χ4n) is 2.27. The number of para-hydroxylation sites is 1. The molecule has 0 aliphatic heterocycles. The summed E-state index contributed by atoms with van der Waals surface area (Å²) in [5.74, 6) is 0.798. The Labute approximate surface area is 161 Å². The van der Waals surface area contributed by atoms with Crippen LogP contribution in [0.5, 0.6) is 5.75 Å². The fourth-order valence-corrected chi connectivity index (χ4v) is 2.71. The molecule has 0 heterocycles. The Morgan fingerprint density at radius 3 is 2.56 bits per heavy atom. The van der Waals surface area contributed by atoms with Crippen LogP contribution in [0.2, 0.25) is 5.02 Å². The number of halogens is 2. The Morgan fingerprint density at radius 1 is 1.04 bits per heavy atom. The normalized spacial score (nSPS) is 11.0. The van der Waals surface area contributed by atoms with E-state index in [4.69, 9.17) is 16.3 Å². The largest absolute Gasteiger partial charge is 0.488 e. The number of hydrogen-bond acceptors (Lipinski definition) is 2. The Balaban J connectivity index is 1.74. The highest BCUT2D eigenvalue weighted by Crippen LogP contribution is 2.23. The van der Waals surface area contributed by atoms with Gasteiger partial charge < -0.3 is 4.74 Å². The molecule has 3 rings (SSSR count). The second kappa shape index (κ2) is 8.32. The molecule has 0 amide bonds. The molecule has 3 aromatic carbocycles. The molecule has 0 fully saturated rings. The van der Waals surface area contributed by atoms with E-state index in [0.29, 0.717) is 6.61 Å². The molecule has 3 aromatic rings. The molecule has 0 aromatic heterocycles. The van der Waals surface area contributed by atoms with Crippen molar-refractivity contribution in [3.05, 3.63) is 92.9 Å². The monoisotopic (exact) mass is 413 g/mol. The lowest BCUT2D eigenvalue weighted by Crippen LogP contribution is -1.98. The van der Waals surface area contributed by atoms with Gasteiger partial charge in [-0.15, -0.1) is 0 Å². The minimum absolute atomic E-state index is 0.508. The van der Waals surface area contributed by atoms with Crippen LogP contribution in [0, 0.1) is 6.92 Å². The summed E-state index contributed by atoms with van der Waals surface area (Å²) in [7, 11) is 0. The van der Waals surface area contributed by atoms with Gasteiger partial charge in [0.1, 0.15) is 12.4 Å². The lowest BCUT2D eigenvalue weighted by Gasteiger charge is -2.09. The number of aryl methyl sites for hydroxylation is 1. The van der Waals surface area contributed by atoms with Crippen molar-refractivity contribution in [3.63, 3.8) is 0 Å². The molecule has 25 heavy (non-hydrogen) atoms. The summed E-state index contributed by atoms with van der Waals surface area (Å²) >= 11 is 9.59. The molecule has 4 heteroatoms. The summed E-state index contributed by atoms with van der Waals surface area (Å²) < 4.78 is 7.02. The molecule has 2 nitrogen and oxygen atoms in total. The minimum atomic E-state index is 0.508. The first-order valence-electron chi connectivity index (χ1n) is 7.88. The van der Waals surface area contributed by atoms with Crippen LogP contribution >= 0.6 is 27.5 Å². The van der Waals surface area contributed by atoms with Gasteiger partial charge >= 0.3 is 0 Å². The number of hydrogen-bond donors (Lipinski definition) is 0. The van der Waals surface area contributed by atoms with Gasteiger partial charge in [-0.2, -0.15) is 0 Å². The molecule has 0 radical (unpaired) electrons. The summed E-state index contributed by atoms with van der Waals surface area (Å²) in [6.45, 7) is 2.48. The first kappa shape index (κ1) is 17.7.